The van der Waals surface area contributed by atoms with Gasteiger partial charge in [-0.2, -0.15) is 0 Å². The first-order valence-corrected chi connectivity index (χ1v) is 6.46. The highest BCUT2D eigenvalue weighted by molar-refractivity contribution is 5.76. The van der Waals surface area contributed by atoms with Crippen molar-refractivity contribution in [2.24, 2.45) is 0 Å². The molecule has 1 atom stereocenters. The maximum Gasteiger partial charge on any atom is 0.335 e. The summed E-state index contributed by atoms with van der Waals surface area (Å²) in [6.07, 6.45) is 9.73. The van der Waals surface area contributed by atoms with Crippen molar-refractivity contribution in [3.05, 3.63) is 0 Å². The lowest BCUT2D eigenvalue weighted by Gasteiger charge is -2.17. The Balaban J connectivity index is 3.30. The number of rotatable bonds is 10. The van der Waals surface area contributed by atoms with Crippen molar-refractivity contribution < 1.29 is 15.0 Å². The second-order valence-corrected chi connectivity index (χ2v) is 4.80. The molecule has 3 nitrogen and oxygen atoms in total. The SMILES string of the molecule is CCCCCCCCCC[C@](C)(O)C(=O)O. The number of aliphatic carboxylic acids is 1. The zero-order valence-electron chi connectivity index (χ0n) is 10.7. The average Bonchev–Trinajstić information content (AvgIpc) is 2.21. The van der Waals surface area contributed by atoms with Crippen molar-refractivity contribution in [3.8, 4) is 0 Å². The monoisotopic (exact) mass is 230 g/mol. The molecule has 0 unspecified atom stereocenters. The molecular formula is C13H26O3. The average molecular weight is 230 g/mol. The lowest BCUT2D eigenvalue weighted by Crippen LogP contribution is -2.34. The van der Waals surface area contributed by atoms with Gasteiger partial charge in [-0.3, -0.25) is 0 Å². The van der Waals surface area contributed by atoms with Crippen LogP contribution in [0.2, 0.25) is 0 Å². The van der Waals surface area contributed by atoms with Crippen molar-refractivity contribution in [2.45, 2.75) is 77.2 Å². The van der Waals surface area contributed by atoms with Crippen molar-refractivity contribution in [1.82, 2.24) is 0 Å². The fraction of sp³-hybridized carbons (Fsp3) is 0.923. The van der Waals surface area contributed by atoms with Gasteiger partial charge < -0.3 is 10.2 Å². The molecule has 16 heavy (non-hydrogen) atoms. The Morgan fingerprint density at radius 3 is 1.88 bits per heavy atom. The molecule has 0 aromatic carbocycles. The minimum Gasteiger partial charge on any atom is -0.479 e. The van der Waals surface area contributed by atoms with E-state index in [1.165, 1.54) is 39.0 Å². The van der Waals surface area contributed by atoms with E-state index >= 15 is 0 Å². The van der Waals surface area contributed by atoms with Gasteiger partial charge in [-0.25, -0.2) is 4.79 Å². The zero-order chi connectivity index (χ0) is 12.4. The highest BCUT2D eigenvalue weighted by Crippen LogP contribution is 2.16. The van der Waals surface area contributed by atoms with E-state index in [9.17, 15) is 9.90 Å². The zero-order valence-corrected chi connectivity index (χ0v) is 10.7. The molecule has 0 spiro atoms. The summed E-state index contributed by atoms with van der Waals surface area (Å²) in [4.78, 5) is 10.6. The fourth-order valence-electron chi connectivity index (χ4n) is 1.71. The Kier molecular flexibility index (Phi) is 8.26. The van der Waals surface area contributed by atoms with Crippen LogP contribution < -0.4 is 0 Å². The molecule has 0 bridgehead atoms. The van der Waals surface area contributed by atoms with Gasteiger partial charge in [-0.05, 0) is 19.8 Å². The Hall–Kier alpha value is -0.570. The van der Waals surface area contributed by atoms with Gasteiger partial charge in [0.25, 0.3) is 0 Å². The van der Waals surface area contributed by atoms with E-state index in [2.05, 4.69) is 6.92 Å². The van der Waals surface area contributed by atoms with E-state index in [0.717, 1.165) is 19.3 Å². The van der Waals surface area contributed by atoms with Crippen LogP contribution in [0.25, 0.3) is 0 Å². The molecule has 0 fully saturated rings. The van der Waals surface area contributed by atoms with Gasteiger partial charge in [0.05, 0.1) is 0 Å². The van der Waals surface area contributed by atoms with Crippen LogP contribution in [0.5, 0.6) is 0 Å². The smallest absolute Gasteiger partial charge is 0.335 e. The summed E-state index contributed by atoms with van der Waals surface area (Å²) in [7, 11) is 0. The Morgan fingerprint density at radius 2 is 1.44 bits per heavy atom. The van der Waals surface area contributed by atoms with Gasteiger partial charge in [0, 0.05) is 0 Å². The van der Waals surface area contributed by atoms with Crippen LogP contribution in [-0.2, 0) is 4.79 Å². The number of hydrogen-bond acceptors (Lipinski definition) is 2. The number of aliphatic hydroxyl groups is 1. The Morgan fingerprint density at radius 1 is 1.00 bits per heavy atom. The molecule has 0 saturated heterocycles. The van der Waals surface area contributed by atoms with Gasteiger partial charge >= 0.3 is 5.97 Å². The number of hydrogen-bond donors (Lipinski definition) is 2. The maximum atomic E-state index is 10.6. The molecule has 0 heterocycles. The molecule has 0 radical (unpaired) electrons. The number of carboxylic acids is 1. The summed E-state index contributed by atoms with van der Waals surface area (Å²) in [5.74, 6) is -1.12. The predicted octanol–water partition coefficient (Wildman–Crippen LogP) is 3.35. The summed E-state index contributed by atoms with van der Waals surface area (Å²) < 4.78 is 0. The van der Waals surface area contributed by atoms with Crippen molar-refractivity contribution in [2.75, 3.05) is 0 Å². The van der Waals surface area contributed by atoms with Crippen LogP contribution in [0.3, 0.4) is 0 Å². The molecule has 0 aliphatic heterocycles. The van der Waals surface area contributed by atoms with E-state index in [-0.39, 0.29) is 0 Å². The van der Waals surface area contributed by atoms with Crippen LogP contribution in [0.1, 0.15) is 71.6 Å². The maximum absolute atomic E-state index is 10.6. The van der Waals surface area contributed by atoms with Crippen LogP contribution in [0.15, 0.2) is 0 Å². The van der Waals surface area contributed by atoms with Crippen molar-refractivity contribution in [3.63, 3.8) is 0 Å². The minimum atomic E-state index is -1.54. The molecule has 0 aromatic heterocycles. The minimum absolute atomic E-state index is 0.358. The van der Waals surface area contributed by atoms with Crippen molar-refractivity contribution in [1.29, 1.82) is 0 Å². The molecule has 0 saturated carbocycles. The summed E-state index contributed by atoms with van der Waals surface area (Å²) in [6, 6.07) is 0. The molecule has 2 N–H and O–H groups in total. The largest absolute Gasteiger partial charge is 0.479 e. The molecule has 96 valence electrons. The predicted molar refractivity (Wildman–Crippen MR) is 65.5 cm³/mol. The fourth-order valence-corrected chi connectivity index (χ4v) is 1.71. The van der Waals surface area contributed by atoms with Gasteiger partial charge in [0.15, 0.2) is 5.60 Å². The lowest BCUT2D eigenvalue weighted by molar-refractivity contribution is -0.157. The first-order valence-electron chi connectivity index (χ1n) is 6.46. The summed E-state index contributed by atoms with van der Waals surface area (Å²) in [5, 5.41) is 18.2. The summed E-state index contributed by atoms with van der Waals surface area (Å²) >= 11 is 0. The molecule has 0 aliphatic rings. The second kappa shape index (κ2) is 8.57. The summed E-state index contributed by atoms with van der Waals surface area (Å²) in [5.41, 5.74) is -1.54. The highest BCUT2D eigenvalue weighted by atomic mass is 16.4. The van der Waals surface area contributed by atoms with Crippen molar-refractivity contribution >= 4 is 5.97 Å². The van der Waals surface area contributed by atoms with Crippen LogP contribution in [0.4, 0.5) is 0 Å². The molecule has 0 aromatic rings. The van der Waals surface area contributed by atoms with E-state index in [0.29, 0.717) is 6.42 Å². The van der Waals surface area contributed by atoms with E-state index < -0.39 is 11.6 Å². The van der Waals surface area contributed by atoms with Crippen LogP contribution in [0, 0.1) is 0 Å². The van der Waals surface area contributed by atoms with Gasteiger partial charge in [-0.15, -0.1) is 0 Å². The van der Waals surface area contributed by atoms with E-state index in [1.807, 2.05) is 0 Å². The standard InChI is InChI=1S/C13H26O3/c1-3-4-5-6-7-8-9-10-11-13(2,16)12(14)15/h16H,3-11H2,1-2H3,(H,14,15)/t13-/m0/s1. The number of unbranched alkanes of at least 4 members (excludes halogenated alkanes) is 7. The number of carbonyl (C=O) groups is 1. The van der Waals surface area contributed by atoms with E-state index in [1.54, 1.807) is 0 Å². The molecule has 0 rings (SSSR count). The first kappa shape index (κ1) is 15.4. The van der Waals surface area contributed by atoms with Gasteiger partial charge in [-0.1, -0.05) is 51.9 Å². The quantitative estimate of drug-likeness (QED) is 0.566. The van der Waals surface area contributed by atoms with Crippen LogP contribution >= 0.6 is 0 Å². The first-order chi connectivity index (χ1) is 7.50. The molecular weight excluding hydrogens is 204 g/mol. The third-order valence-electron chi connectivity index (χ3n) is 2.98. The normalized spacial score (nSPS) is 14.7. The Labute approximate surface area is 98.9 Å². The molecule has 3 heteroatoms. The summed E-state index contributed by atoms with van der Waals surface area (Å²) in [6.45, 7) is 3.57. The molecule has 0 amide bonds. The Bertz CT molecular complexity index is 188. The van der Waals surface area contributed by atoms with Gasteiger partial charge in [0.1, 0.15) is 0 Å². The van der Waals surface area contributed by atoms with Gasteiger partial charge in [0.2, 0.25) is 0 Å². The highest BCUT2D eigenvalue weighted by Gasteiger charge is 2.28. The number of carboxylic acid groups (broad SMARTS) is 1. The third kappa shape index (κ3) is 7.69. The third-order valence-corrected chi connectivity index (χ3v) is 2.98. The second-order valence-electron chi connectivity index (χ2n) is 4.80. The van der Waals surface area contributed by atoms with Crippen LogP contribution in [-0.4, -0.2) is 21.8 Å². The van der Waals surface area contributed by atoms with E-state index in [4.69, 9.17) is 5.11 Å². The topological polar surface area (TPSA) is 57.5 Å². The molecule has 0 aliphatic carbocycles. The lowest BCUT2D eigenvalue weighted by atomic mass is 9.98.